The van der Waals surface area contributed by atoms with Crippen LogP contribution in [-0.4, -0.2) is 17.1 Å². The number of aryl methyl sites for hydroxylation is 1. The molecule has 0 bridgehead atoms. The standard InChI is InChI=1S/C28H22BrClN2O4S/c1-4-35-27(34)24-16(3)31-28-32(25(24)17-7-5-15(2)6-8-17)26(33)23(37-28)14-19-10-12-22(36-19)18-9-11-20(29)21(30)13-18/h5-14,25H,4H2,1-3H3/b23-14+/t25-/m0/s1. The molecule has 0 aliphatic carbocycles. The summed E-state index contributed by atoms with van der Waals surface area (Å²) in [7, 11) is 0. The second kappa shape index (κ2) is 10.3. The molecule has 2 aromatic heterocycles. The Balaban J connectivity index is 1.62. The first-order chi connectivity index (χ1) is 17.8. The maximum atomic E-state index is 13.7. The monoisotopic (exact) mass is 596 g/mol. The highest BCUT2D eigenvalue weighted by Crippen LogP contribution is 2.32. The van der Waals surface area contributed by atoms with Crippen molar-refractivity contribution in [2.24, 2.45) is 4.99 Å². The number of nitrogens with zero attached hydrogens (tertiary/aromatic N) is 2. The number of aromatic nitrogens is 1. The van der Waals surface area contributed by atoms with Crippen molar-refractivity contribution in [2.45, 2.75) is 26.8 Å². The lowest BCUT2D eigenvalue weighted by molar-refractivity contribution is -0.139. The number of allylic oxidation sites excluding steroid dienone is 1. The summed E-state index contributed by atoms with van der Waals surface area (Å²) in [5.74, 6) is 0.673. The van der Waals surface area contributed by atoms with Gasteiger partial charge in [0.05, 0.1) is 33.5 Å². The predicted octanol–water partition coefficient (Wildman–Crippen LogP) is 5.78. The molecule has 0 spiro atoms. The summed E-state index contributed by atoms with van der Waals surface area (Å²) in [5.41, 5.74) is 3.34. The van der Waals surface area contributed by atoms with E-state index in [0.717, 1.165) is 21.2 Å². The molecule has 0 N–H and O–H groups in total. The molecule has 3 heterocycles. The van der Waals surface area contributed by atoms with Crippen molar-refractivity contribution in [3.05, 3.63) is 112 Å². The molecule has 0 saturated carbocycles. The molecule has 0 unspecified atom stereocenters. The highest BCUT2D eigenvalue weighted by molar-refractivity contribution is 9.10. The number of benzene rings is 2. The Morgan fingerprint density at radius 2 is 1.95 bits per heavy atom. The number of halogens is 2. The van der Waals surface area contributed by atoms with Gasteiger partial charge in [-0.25, -0.2) is 9.79 Å². The third kappa shape index (κ3) is 4.89. The Hall–Kier alpha value is -3.20. The summed E-state index contributed by atoms with van der Waals surface area (Å²) >= 11 is 10.9. The van der Waals surface area contributed by atoms with Crippen LogP contribution in [0.4, 0.5) is 0 Å². The molecule has 188 valence electrons. The number of carbonyl (C=O) groups is 1. The Labute approximate surface area is 230 Å². The molecule has 2 aromatic carbocycles. The predicted molar refractivity (Wildman–Crippen MR) is 148 cm³/mol. The Bertz CT molecular complexity index is 1730. The summed E-state index contributed by atoms with van der Waals surface area (Å²) in [5, 5.41) is 0.577. The summed E-state index contributed by atoms with van der Waals surface area (Å²) in [6.45, 7) is 5.74. The zero-order valence-electron chi connectivity index (χ0n) is 20.2. The zero-order valence-corrected chi connectivity index (χ0v) is 23.4. The summed E-state index contributed by atoms with van der Waals surface area (Å²) in [6, 6.07) is 16.3. The van der Waals surface area contributed by atoms with Gasteiger partial charge >= 0.3 is 5.97 Å². The third-order valence-corrected chi connectivity index (χ3v) is 8.23. The average molecular weight is 598 g/mol. The van der Waals surface area contributed by atoms with E-state index in [0.29, 0.717) is 37.1 Å². The second-order valence-corrected chi connectivity index (χ2v) is 10.8. The molecule has 0 amide bonds. The van der Waals surface area contributed by atoms with Crippen molar-refractivity contribution in [1.29, 1.82) is 0 Å². The first-order valence-corrected chi connectivity index (χ1v) is 13.6. The van der Waals surface area contributed by atoms with Crippen LogP contribution in [0.15, 0.2) is 84.5 Å². The van der Waals surface area contributed by atoms with Crippen molar-refractivity contribution in [2.75, 3.05) is 6.61 Å². The van der Waals surface area contributed by atoms with Gasteiger partial charge < -0.3 is 9.15 Å². The molecule has 0 saturated heterocycles. The molecular formula is C28H22BrClN2O4S. The van der Waals surface area contributed by atoms with Crippen LogP contribution in [0, 0.1) is 6.92 Å². The third-order valence-electron chi connectivity index (χ3n) is 6.01. The number of rotatable bonds is 5. The molecule has 0 fully saturated rings. The minimum atomic E-state index is -0.643. The van der Waals surface area contributed by atoms with Crippen LogP contribution >= 0.6 is 38.9 Å². The normalized spacial score (nSPS) is 15.5. The maximum Gasteiger partial charge on any atom is 0.338 e. The summed E-state index contributed by atoms with van der Waals surface area (Å²) in [6.07, 6.45) is 1.70. The fourth-order valence-electron chi connectivity index (χ4n) is 4.22. The van der Waals surface area contributed by atoms with Gasteiger partial charge in [-0.1, -0.05) is 58.8 Å². The van der Waals surface area contributed by atoms with E-state index in [1.165, 1.54) is 11.3 Å². The smallest absolute Gasteiger partial charge is 0.338 e. The minimum Gasteiger partial charge on any atom is -0.463 e. The first kappa shape index (κ1) is 25.4. The number of carbonyl (C=O) groups excluding carboxylic acids is 1. The van der Waals surface area contributed by atoms with Crippen LogP contribution < -0.4 is 14.9 Å². The van der Waals surface area contributed by atoms with Gasteiger partial charge in [0, 0.05) is 16.1 Å². The van der Waals surface area contributed by atoms with Crippen molar-refractivity contribution in [1.82, 2.24) is 4.57 Å². The van der Waals surface area contributed by atoms with E-state index in [4.69, 9.17) is 20.8 Å². The van der Waals surface area contributed by atoms with Gasteiger partial charge in [-0.2, -0.15) is 0 Å². The number of furan rings is 1. The molecule has 6 nitrogen and oxygen atoms in total. The molecule has 1 aliphatic heterocycles. The first-order valence-electron chi connectivity index (χ1n) is 11.6. The maximum absolute atomic E-state index is 13.7. The van der Waals surface area contributed by atoms with E-state index in [1.54, 1.807) is 30.6 Å². The van der Waals surface area contributed by atoms with E-state index < -0.39 is 12.0 Å². The van der Waals surface area contributed by atoms with Crippen LogP contribution in [0.1, 0.15) is 36.8 Å². The largest absolute Gasteiger partial charge is 0.463 e. The second-order valence-electron chi connectivity index (χ2n) is 8.54. The van der Waals surface area contributed by atoms with Gasteiger partial charge in [-0.3, -0.25) is 9.36 Å². The fraction of sp³-hybridized carbons (Fsp3) is 0.179. The Morgan fingerprint density at radius 3 is 2.65 bits per heavy atom. The molecule has 4 aromatic rings. The van der Waals surface area contributed by atoms with Crippen molar-refractivity contribution in [3.8, 4) is 11.3 Å². The van der Waals surface area contributed by atoms with Gasteiger partial charge in [0.2, 0.25) is 0 Å². The molecule has 5 rings (SSSR count). The molecule has 9 heteroatoms. The lowest BCUT2D eigenvalue weighted by atomic mass is 9.95. The van der Waals surface area contributed by atoms with Crippen LogP contribution in [0.5, 0.6) is 0 Å². The van der Waals surface area contributed by atoms with Crippen LogP contribution in [0.3, 0.4) is 0 Å². The van der Waals surface area contributed by atoms with Crippen LogP contribution in [-0.2, 0) is 9.53 Å². The Morgan fingerprint density at radius 1 is 1.19 bits per heavy atom. The number of thiazole rings is 1. The highest BCUT2D eigenvalue weighted by atomic mass is 79.9. The van der Waals surface area contributed by atoms with Crippen LogP contribution in [0.25, 0.3) is 17.4 Å². The molecular weight excluding hydrogens is 576 g/mol. The van der Waals surface area contributed by atoms with E-state index >= 15 is 0 Å². The van der Waals surface area contributed by atoms with Crippen molar-refractivity contribution < 1.29 is 13.9 Å². The quantitative estimate of drug-likeness (QED) is 0.273. The number of fused-ring (bicyclic) bond motifs is 1. The van der Waals surface area contributed by atoms with Gasteiger partial charge in [-0.15, -0.1) is 0 Å². The Kier molecular flexibility index (Phi) is 7.07. The SMILES string of the molecule is CCOC(=O)C1=C(C)N=c2s/c(=C/c3ccc(-c4ccc(Br)c(Cl)c4)o3)c(=O)n2[C@H]1c1ccc(C)cc1. The van der Waals surface area contributed by atoms with E-state index in [2.05, 4.69) is 20.9 Å². The van der Waals surface area contributed by atoms with Crippen molar-refractivity contribution >= 4 is 50.9 Å². The number of hydrogen-bond donors (Lipinski definition) is 0. The van der Waals surface area contributed by atoms with Crippen LogP contribution in [0.2, 0.25) is 5.02 Å². The zero-order chi connectivity index (χ0) is 26.3. The topological polar surface area (TPSA) is 73.8 Å². The number of esters is 1. The van der Waals surface area contributed by atoms with E-state index in [1.807, 2.05) is 55.5 Å². The molecule has 0 radical (unpaired) electrons. The fourth-order valence-corrected chi connectivity index (χ4v) is 5.67. The summed E-state index contributed by atoms with van der Waals surface area (Å²) in [4.78, 5) is 31.8. The molecule has 37 heavy (non-hydrogen) atoms. The van der Waals surface area contributed by atoms with E-state index in [9.17, 15) is 9.59 Å². The molecule has 1 atom stereocenters. The van der Waals surface area contributed by atoms with Crippen molar-refractivity contribution in [3.63, 3.8) is 0 Å². The lowest BCUT2D eigenvalue weighted by Gasteiger charge is -2.24. The number of ether oxygens (including phenoxy) is 1. The molecule has 1 aliphatic rings. The lowest BCUT2D eigenvalue weighted by Crippen LogP contribution is -2.39. The van der Waals surface area contributed by atoms with Gasteiger partial charge in [0.1, 0.15) is 11.5 Å². The van der Waals surface area contributed by atoms with E-state index in [-0.39, 0.29) is 12.2 Å². The van der Waals surface area contributed by atoms with Gasteiger partial charge in [0.15, 0.2) is 4.80 Å². The van der Waals surface area contributed by atoms with Gasteiger partial charge in [-0.05, 0) is 66.5 Å². The average Bonchev–Trinajstić information content (AvgIpc) is 3.45. The number of hydrogen-bond acceptors (Lipinski definition) is 6. The highest BCUT2D eigenvalue weighted by Gasteiger charge is 2.33. The summed E-state index contributed by atoms with van der Waals surface area (Å²) < 4.78 is 14.2. The minimum absolute atomic E-state index is 0.227. The van der Waals surface area contributed by atoms with Gasteiger partial charge in [0.25, 0.3) is 5.56 Å².